The highest BCUT2D eigenvalue weighted by atomic mass is 35.5. The van der Waals surface area contributed by atoms with Crippen LogP contribution < -0.4 is 10.2 Å². The predicted molar refractivity (Wildman–Crippen MR) is 113 cm³/mol. The van der Waals surface area contributed by atoms with Crippen molar-refractivity contribution in [1.82, 2.24) is 15.0 Å². The summed E-state index contributed by atoms with van der Waals surface area (Å²) in [7, 11) is 0. The fourth-order valence-corrected chi connectivity index (χ4v) is 4.37. The summed E-state index contributed by atoms with van der Waals surface area (Å²) in [5.74, 6) is -0.0528. The Balaban J connectivity index is 1.35. The van der Waals surface area contributed by atoms with E-state index in [1.54, 1.807) is 17.3 Å². The molecule has 0 atom stereocenters. The minimum atomic E-state index is -4.49. The summed E-state index contributed by atoms with van der Waals surface area (Å²) < 4.78 is 38.4. The van der Waals surface area contributed by atoms with Crippen molar-refractivity contribution < 1.29 is 18.0 Å². The predicted octanol–water partition coefficient (Wildman–Crippen LogP) is 5.13. The van der Waals surface area contributed by atoms with E-state index in [-0.39, 0.29) is 16.8 Å². The van der Waals surface area contributed by atoms with Gasteiger partial charge in [0.2, 0.25) is 5.91 Å². The van der Waals surface area contributed by atoms with Gasteiger partial charge in [-0.1, -0.05) is 11.6 Å². The Morgan fingerprint density at radius 2 is 2.03 bits per heavy atom. The summed E-state index contributed by atoms with van der Waals surface area (Å²) in [5, 5.41) is 5.17. The minimum absolute atomic E-state index is 0.0524. The van der Waals surface area contributed by atoms with E-state index in [9.17, 15) is 18.0 Å². The standard InChI is InChI=1S/C20H17ClF3N5OS/c21-15-8-14(20(22,23)24)10-26-17(15)29-6-3-12(4-7-29)18(30)28-19-27-16(11-31-19)13-2-1-5-25-9-13/h1-2,5,8-12H,3-4,6-7H2,(H,27,28,30). The van der Waals surface area contributed by atoms with Crippen molar-refractivity contribution in [3.8, 4) is 11.3 Å². The van der Waals surface area contributed by atoms with Gasteiger partial charge in [-0.3, -0.25) is 9.78 Å². The summed E-state index contributed by atoms with van der Waals surface area (Å²) in [5.41, 5.74) is 0.726. The third-order valence-electron chi connectivity index (χ3n) is 5.01. The first-order valence-corrected chi connectivity index (χ1v) is 10.7. The molecule has 31 heavy (non-hydrogen) atoms. The lowest BCUT2D eigenvalue weighted by atomic mass is 9.96. The second kappa shape index (κ2) is 8.80. The number of nitrogens with zero attached hydrogens (tertiary/aromatic N) is 4. The van der Waals surface area contributed by atoms with Gasteiger partial charge in [0, 0.05) is 48.5 Å². The second-order valence-corrected chi connectivity index (χ2v) is 8.32. The van der Waals surface area contributed by atoms with Crippen LogP contribution in [-0.4, -0.2) is 33.9 Å². The monoisotopic (exact) mass is 467 g/mol. The van der Waals surface area contributed by atoms with Crippen molar-refractivity contribution in [1.29, 1.82) is 0 Å². The number of amides is 1. The largest absolute Gasteiger partial charge is 0.417 e. The van der Waals surface area contributed by atoms with Gasteiger partial charge in [-0.2, -0.15) is 13.2 Å². The van der Waals surface area contributed by atoms with Crippen molar-refractivity contribution in [2.45, 2.75) is 19.0 Å². The molecule has 0 aromatic carbocycles. The maximum atomic E-state index is 12.8. The van der Waals surface area contributed by atoms with E-state index < -0.39 is 11.7 Å². The van der Waals surface area contributed by atoms with Gasteiger partial charge >= 0.3 is 6.18 Å². The number of piperidine rings is 1. The molecule has 4 heterocycles. The van der Waals surface area contributed by atoms with E-state index in [0.717, 1.165) is 23.5 Å². The zero-order chi connectivity index (χ0) is 22.0. The summed E-state index contributed by atoms with van der Waals surface area (Å²) in [6, 6.07) is 4.59. The maximum Gasteiger partial charge on any atom is 0.417 e. The highest BCUT2D eigenvalue weighted by Crippen LogP contribution is 2.35. The number of rotatable bonds is 4. The van der Waals surface area contributed by atoms with Crippen molar-refractivity contribution in [2.24, 2.45) is 5.92 Å². The van der Waals surface area contributed by atoms with Gasteiger partial charge in [-0.15, -0.1) is 11.3 Å². The fraction of sp³-hybridized carbons (Fsp3) is 0.300. The van der Waals surface area contributed by atoms with E-state index in [0.29, 0.717) is 36.9 Å². The van der Waals surface area contributed by atoms with Gasteiger partial charge in [0.1, 0.15) is 5.82 Å². The molecule has 0 aliphatic carbocycles. The zero-order valence-corrected chi connectivity index (χ0v) is 17.6. The lowest BCUT2D eigenvalue weighted by Gasteiger charge is -2.32. The number of hydrogen-bond acceptors (Lipinski definition) is 6. The number of thiazole rings is 1. The molecule has 6 nitrogen and oxygen atoms in total. The Bertz CT molecular complexity index is 1070. The van der Waals surface area contributed by atoms with E-state index in [4.69, 9.17) is 11.6 Å². The van der Waals surface area contributed by atoms with Crippen LogP contribution in [0.15, 0.2) is 42.2 Å². The van der Waals surface area contributed by atoms with E-state index in [1.165, 1.54) is 11.3 Å². The third-order valence-corrected chi connectivity index (χ3v) is 6.04. The number of anilines is 2. The summed E-state index contributed by atoms with van der Waals surface area (Å²) in [4.78, 5) is 26.8. The number of aromatic nitrogens is 3. The SMILES string of the molecule is O=C(Nc1nc(-c2cccnc2)cs1)C1CCN(c2ncc(C(F)(F)F)cc2Cl)CC1. The molecule has 11 heteroatoms. The number of halogens is 4. The number of hydrogen-bond donors (Lipinski definition) is 1. The van der Waals surface area contributed by atoms with Crippen LogP contribution in [0.3, 0.4) is 0 Å². The third kappa shape index (κ3) is 4.96. The van der Waals surface area contributed by atoms with Crippen LogP contribution in [-0.2, 0) is 11.0 Å². The quantitative estimate of drug-likeness (QED) is 0.576. The molecule has 0 bridgehead atoms. The number of carbonyl (C=O) groups excluding carboxylic acids is 1. The molecule has 3 aromatic heterocycles. The van der Waals surface area contributed by atoms with Gasteiger partial charge in [0.05, 0.1) is 16.3 Å². The molecule has 1 amide bonds. The second-order valence-electron chi connectivity index (χ2n) is 7.06. The smallest absolute Gasteiger partial charge is 0.355 e. The van der Waals surface area contributed by atoms with Crippen LogP contribution in [0.25, 0.3) is 11.3 Å². The van der Waals surface area contributed by atoms with Crippen LogP contribution in [0.2, 0.25) is 5.02 Å². The minimum Gasteiger partial charge on any atom is -0.355 e. The number of carbonyl (C=O) groups is 1. The first kappa shape index (κ1) is 21.5. The highest BCUT2D eigenvalue weighted by Gasteiger charge is 2.33. The van der Waals surface area contributed by atoms with Crippen molar-refractivity contribution in [2.75, 3.05) is 23.3 Å². The zero-order valence-electron chi connectivity index (χ0n) is 16.1. The average Bonchev–Trinajstić information content (AvgIpc) is 3.22. The van der Waals surface area contributed by atoms with Crippen molar-refractivity contribution in [3.63, 3.8) is 0 Å². The normalized spacial score (nSPS) is 15.2. The van der Waals surface area contributed by atoms with E-state index >= 15 is 0 Å². The molecule has 0 unspecified atom stereocenters. The summed E-state index contributed by atoms with van der Waals surface area (Å²) >= 11 is 7.37. The van der Waals surface area contributed by atoms with Gasteiger partial charge in [-0.25, -0.2) is 9.97 Å². The molecule has 1 saturated heterocycles. The molecule has 0 spiro atoms. The van der Waals surface area contributed by atoms with Crippen LogP contribution in [0.1, 0.15) is 18.4 Å². The average molecular weight is 468 g/mol. The molecule has 1 fully saturated rings. The Morgan fingerprint density at radius 1 is 1.26 bits per heavy atom. The summed E-state index contributed by atoms with van der Waals surface area (Å²) in [6.07, 6.45) is 0.738. The molecular weight excluding hydrogens is 451 g/mol. The Kier molecular flexibility index (Phi) is 6.10. The number of pyridine rings is 2. The van der Waals surface area contributed by atoms with Crippen LogP contribution >= 0.6 is 22.9 Å². The lowest BCUT2D eigenvalue weighted by molar-refractivity contribution is -0.137. The molecule has 1 aliphatic heterocycles. The Hall–Kier alpha value is -2.72. The molecule has 4 rings (SSSR count). The maximum absolute atomic E-state index is 12.8. The Morgan fingerprint density at radius 3 is 2.68 bits per heavy atom. The highest BCUT2D eigenvalue weighted by molar-refractivity contribution is 7.14. The van der Waals surface area contributed by atoms with Gasteiger partial charge < -0.3 is 10.2 Å². The molecule has 162 valence electrons. The molecule has 0 radical (unpaired) electrons. The molecule has 1 N–H and O–H groups in total. The van der Waals surface area contributed by atoms with Gasteiger partial charge in [0.15, 0.2) is 5.13 Å². The van der Waals surface area contributed by atoms with Gasteiger partial charge in [-0.05, 0) is 31.0 Å². The first-order valence-electron chi connectivity index (χ1n) is 9.46. The molecule has 0 saturated carbocycles. The van der Waals surface area contributed by atoms with Crippen LogP contribution in [0.4, 0.5) is 24.1 Å². The number of nitrogens with one attached hydrogen (secondary N) is 1. The molecule has 1 aliphatic rings. The molecule has 3 aromatic rings. The summed E-state index contributed by atoms with van der Waals surface area (Å²) in [6.45, 7) is 0.934. The van der Waals surface area contributed by atoms with Crippen molar-refractivity contribution in [3.05, 3.63) is 52.8 Å². The van der Waals surface area contributed by atoms with Gasteiger partial charge in [0.25, 0.3) is 0 Å². The van der Waals surface area contributed by atoms with Crippen LogP contribution in [0.5, 0.6) is 0 Å². The Labute approximate surface area is 185 Å². The first-order chi connectivity index (χ1) is 14.8. The fourth-order valence-electron chi connectivity index (χ4n) is 3.36. The van der Waals surface area contributed by atoms with Crippen LogP contribution in [0, 0.1) is 5.92 Å². The number of alkyl halides is 3. The topological polar surface area (TPSA) is 71.0 Å². The molecular formula is C20H17ClF3N5OS. The van der Waals surface area contributed by atoms with E-state index in [1.807, 2.05) is 17.5 Å². The lowest BCUT2D eigenvalue weighted by Crippen LogP contribution is -2.38. The van der Waals surface area contributed by atoms with E-state index in [2.05, 4.69) is 20.3 Å². The van der Waals surface area contributed by atoms with Crippen molar-refractivity contribution >= 4 is 39.8 Å².